The number of aryl methyl sites for hydroxylation is 1. The first-order valence-corrected chi connectivity index (χ1v) is 6.73. The average molecular weight is 375 g/mol. The van der Waals surface area contributed by atoms with Crippen LogP contribution < -0.4 is 16.4 Å². The molecular weight excluding hydrogens is 366 g/mol. The number of benzene rings is 1. The van der Waals surface area contributed by atoms with Gasteiger partial charge in [-0.1, -0.05) is 27.5 Å². The van der Waals surface area contributed by atoms with Crippen LogP contribution in [0.15, 0.2) is 21.4 Å². The molecule has 0 aliphatic rings. The minimum atomic E-state index is -0.668. The van der Waals surface area contributed by atoms with Crippen molar-refractivity contribution in [3.05, 3.63) is 43.2 Å². The molecule has 0 saturated heterocycles. The van der Waals surface area contributed by atoms with Gasteiger partial charge in [-0.3, -0.25) is 25.4 Å². The number of hydrogen-bond donors (Lipinski definition) is 4. The molecule has 1 aromatic carbocycles. The van der Waals surface area contributed by atoms with Crippen LogP contribution in [0.5, 0.6) is 5.75 Å². The summed E-state index contributed by atoms with van der Waals surface area (Å²) in [5.74, 6) is -1.07. The van der Waals surface area contributed by atoms with Gasteiger partial charge < -0.3 is 5.11 Å². The largest absolute Gasteiger partial charge is 0.506 e. The van der Waals surface area contributed by atoms with Crippen LogP contribution in [-0.2, 0) is 0 Å². The third kappa shape index (κ3) is 3.50. The van der Waals surface area contributed by atoms with Crippen LogP contribution in [0.4, 0.5) is 5.95 Å². The lowest BCUT2D eigenvalue weighted by molar-refractivity contribution is 0.0959. The average Bonchev–Trinajstić information content (AvgIpc) is 2.43. The van der Waals surface area contributed by atoms with Crippen molar-refractivity contribution in [3.63, 3.8) is 0 Å². The first-order valence-electron chi connectivity index (χ1n) is 5.56. The van der Waals surface area contributed by atoms with Crippen molar-refractivity contribution >= 4 is 39.4 Å². The highest BCUT2D eigenvalue weighted by atomic mass is 79.9. The predicted octanol–water partition coefficient (Wildman–Crippen LogP) is 1.35. The van der Waals surface area contributed by atoms with Crippen molar-refractivity contribution in [3.8, 4) is 5.75 Å². The fourth-order valence-electron chi connectivity index (χ4n) is 1.37. The molecule has 21 heavy (non-hydrogen) atoms. The maximum Gasteiger partial charge on any atom is 0.274 e. The summed E-state index contributed by atoms with van der Waals surface area (Å²) in [6.07, 6.45) is 0. The number of anilines is 1. The van der Waals surface area contributed by atoms with E-state index >= 15 is 0 Å². The molecule has 1 amide bonds. The summed E-state index contributed by atoms with van der Waals surface area (Å²) in [4.78, 5) is 25.6. The SMILES string of the molecule is Cc1nnc(NNC(=O)c2cc(Br)cc(Cl)c2O)[nH]c1=O. The Bertz CT molecular complexity index is 764. The maximum atomic E-state index is 11.9. The van der Waals surface area contributed by atoms with Gasteiger partial charge in [0.15, 0.2) is 0 Å². The number of phenols is 1. The molecule has 0 bridgehead atoms. The lowest BCUT2D eigenvalue weighted by Crippen LogP contribution is -2.32. The lowest BCUT2D eigenvalue weighted by Gasteiger charge is -2.09. The van der Waals surface area contributed by atoms with E-state index < -0.39 is 11.5 Å². The number of nitrogens with one attached hydrogen (secondary N) is 3. The summed E-state index contributed by atoms with van der Waals surface area (Å²) in [7, 11) is 0. The van der Waals surface area contributed by atoms with E-state index in [1.807, 2.05) is 0 Å². The van der Waals surface area contributed by atoms with Crippen LogP contribution in [0.3, 0.4) is 0 Å². The zero-order valence-electron chi connectivity index (χ0n) is 10.6. The number of aromatic nitrogens is 3. The van der Waals surface area contributed by atoms with Gasteiger partial charge >= 0.3 is 0 Å². The second kappa shape index (κ2) is 6.10. The summed E-state index contributed by atoms with van der Waals surface area (Å²) in [5, 5.41) is 17.0. The number of rotatable bonds is 3. The molecule has 0 fully saturated rings. The molecule has 1 heterocycles. The van der Waals surface area contributed by atoms with Gasteiger partial charge in [-0.05, 0) is 19.1 Å². The van der Waals surface area contributed by atoms with Crippen molar-refractivity contribution in [1.29, 1.82) is 0 Å². The van der Waals surface area contributed by atoms with Gasteiger partial charge in [0.05, 0.1) is 10.6 Å². The number of amides is 1. The smallest absolute Gasteiger partial charge is 0.274 e. The number of hydrogen-bond acceptors (Lipinski definition) is 6. The van der Waals surface area contributed by atoms with Gasteiger partial charge in [0.1, 0.15) is 11.4 Å². The van der Waals surface area contributed by atoms with Crippen LogP contribution in [0.2, 0.25) is 5.02 Å². The highest BCUT2D eigenvalue weighted by Crippen LogP contribution is 2.31. The van der Waals surface area contributed by atoms with E-state index in [1.165, 1.54) is 19.1 Å². The van der Waals surface area contributed by atoms with Gasteiger partial charge in [0.2, 0.25) is 5.95 Å². The van der Waals surface area contributed by atoms with Gasteiger partial charge in [-0.25, -0.2) is 0 Å². The monoisotopic (exact) mass is 373 g/mol. The van der Waals surface area contributed by atoms with Gasteiger partial charge in [0.25, 0.3) is 11.5 Å². The van der Waals surface area contributed by atoms with Crippen LogP contribution in [0, 0.1) is 6.92 Å². The Kier molecular flexibility index (Phi) is 4.43. The summed E-state index contributed by atoms with van der Waals surface area (Å²) < 4.78 is 0.527. The molecule has 0 atom stereocenters. The Hall–Kier alpha value is -2.13. The number of halogens is 2. The summed E-state index contributed by atoms with van der Waals surface area (Å²) in [6.45, 7) is 1.50. The standard InChI is InChI=1S/C11H9BrClN5O3/c1-4-9(20)14-11(17-15-4)18-16-10(21)6-2-5(12)3-7(13)8(6)19/h2-3,19H,1H3,(H,16,21)(H2,14,17,18,20). The molecule has 0 spiro atoms. The molecule has 1 aromatic heterocycles. The molecule has 2 aromatic rings. The molecule has 0 saturated carbocycles. The van der Waals surface area contributed by atoms with Crippen molar-refractivity contribution in [2.45, 2.75) is 6.92 Å². The highest BCUT2D eigenvalue weighted by Gasteiger charge is 2.15. The van der Waals surface area contributed by atoms with Crippen LogP contribution in [0.25, 0.3) is 0 Å². The Labute approximate surface area is 131 Å². The Morgan fingerprint density at radius 2 is 2.14 bits per heavy atom. The zero-order chi connectivity index (χ0) is 15.6. The van der Waals surface area contributed by atoms with Crippen molar-refractivity contribution in [2.24, 2.45) is 0 Å². The molecule has 110 valence electrons. The van der Waals surface area contributed by atoms with E-state index in [0.717, 1.165) is 0 Å². The highest BCUT2D eigenvalue weighted by molar-refractivity contribution is 9.10. The topological polar surface area (TPSA) is 120 Å². The van der Waals surface area contributed by atoms with Crippen molar-refractivity contribution in [2.75, 3.05) is 5.43 Å². The number of carbonyl (C=O) groups is 1. The van der Waals surface area contributed by atoms with E-state index in [0.29, 0.717) is 4.47 Å². The van der Waals surface area contributed by atoms with E-state index in [-0.39, 0.29) is 28.0 Å². The number of carbonyl (C=O) groups excluding carboxylic acids is 1. The Balaban J connectivity index is 2.15. The molecule has 8 nitrogen and oxygen atoms in total. The van der Waals surface area contributed by atoms with Crippen LogP contribution >= 0.6 is 27.5 Å². The fourth-order valence-corrected chi connectivity index (χ4v) is 2.18. The lowest BCUT2D eigenvalue weighted by atomic mass is 10.2. The van der Waals surface area contributed by atoms with E-state index in [2.05, 4.69) is 42.0 Å². The third-order valence-corrected chi connectivity index (χ3v) is 3.17. The molecule has 0 radical (unpaired) electrons. The van der Waals surface area contributed by atoms with E-state index in [1.54, 1.807) is 0 Å². The van der Waals surface area contributed by atoms with E-state index in [9.17, 15) is 14.7 Å². The number of aromatic hydroxyl groups is 1. The molecule has 4 N–H and O–H groups in total. The molecule has 0 aliphatic carbocycles. The third-order valence-electron chi connectivity index (χ3n) is 2.43. The van der Waals surface area contributed by atoms with Crippen LogP contribution in [-0.4, -0.2) is 26.2 Å². The first-order chi connectivity index (χ1) is 9.88. The summed E-state index contributed by atoms with van der Waals surface area (Å²) in [6, 6.07) is 2.84. The number of H-pyrrole nitrogens is 1. The Morgan fingerprint density at radius 3 is 2.81 bits per heavy atom. The zero-order valence-corrected chi connectivity index (χ0v) is 12.9. The maximum absolute atomic E-state index is 11.9. The molecule has 0 unspecified atom stereocenters. The normalized spacial score (nSPS) is 10.2. The van der Waals surface area contributed by atoms with Crippen LogP contribution in [0.1, 0.15) is 16.1 Å². The number of aromatic amines is 1. The number of nitrogens with zero attached hydrogens (tertiary/aromatic N) is 2. The molecular formula is C11H9BrClN5O3. The quantitative estimate of drug-likeness (QED) is 0.602. The second-order valence-corrected chi connectivity index (χ2v) is 5.27. The first kappa shape index (κ1) is 15.3. The van der Waals surface area contributed by atoms with Crippen molar-refractivity contribution in [1.82, 2.24) is 20.6 Å². The fraction of sp³-hybridized carbons (Fsp3) is 0.0909. The molecule has 0 aliphatic heterocycles. The van der Waals surface area contributed by atoms with Gasteiger partial charge in [0, 0.05) is 4.47 Å². The molecule has 2 rings (SSSR count). The summed E-state index contributed by atoms with van der Waals surface area (Å²) >= 11 is 8.93. The van der Waals surface area contributed by atoms with Gasteiger partial charge in [-0.2, -0.15) is 0 Å². The minimum Gasteiger partial charge on any atom is -0.506 e. The summed E-state index contributed by atoms with van der Waals surface area (Å²) in [5.41, 5.74) is 4.35. The van der Waals surface area contributed by atoms with Gasteiger partial charge in [-0.15, -0.1) is 10.2 Å². The second-order valence-electron chi connectivity index (χ2n) is 3.95. The predicted molar refractivity (Wildman–Crippen MR) is 79.3 cm³/mol. The number of phenolic OH excluding ortho intramolecular Hbond substituents is 1. The Morgan fingerprint density at radius 1 is 1.43 bits per heavy atom. The van der Waals surface area contributed by atoms with Crippen molar-refractivity contribution < 1.29 is 9.90 Å². The number of hydrazine groups is 1. The minimum absolute atomic E-state index is 0.0260. The molecule has 10 heteroatoms. The van der Waals surface area contributed by atoms with E-state index in [4.69, 9.17) is 11.6 Å².